The molecule has 174 valence electrons. The Balaban J connectivity index is 1.67. The van der Waals surface area contributed by atoms with Gasteiger partial charge in [0.15, 0.2) is 12.2 Å². The van der Waals surface area contributed by atoms with Gasteiger partial charge < -0.3 is 19.8 Å². The predicted octanol–water partition coefficient (Wildman–Crippen LogP) is 3.01. The highest BCUT2D eigenvalue weighted by Crippen LogP contribution is 2.32. The van der Waals surface area contributed by atoms with Crippen LogP contribution in [0.3, 0.4) is 0 Å². The van der Waals surface area contributed by atoms with Crippen LogP contribution in [-0.2, 0) is 19.6 Å². The van der Waals surface area contributed by atoms with Gasteiger partial charge in [-0.3, -0.25) is 9.59 Å². The zero-order valence-corrected chi connectivity index (χ0v) is 18.9. The molecule has 0 aliphatic carbocycles. The van der Waals surface area contributed by atoms with Crippen molar-refractivity contribution in [2.75, 3.05) is 24.3 Å². The molecule has 11 heteroatoms. The summed E-state index contributed by atoms with van der Waals surface area (Å²) in [7, 11) is -2.25. The number of carbonyl (C=O) groups excluding carboxylic acids is 2. The minimum Gasteiger partial charge on any atom is -0.496 e. The Labute approximate surface area is 191 Å². The first kappa shape index (κ1) is 24.0. The van der Waals surface area contributed by atoms with Gasteiger partial charge in [0.2, 0.25) is 10.0 Å². The van der Waals surface area contributed by atoms with E-state index < -0.39 is 21.8 Å². The Morgan fingerprint density at radius 2 is 1.79 bits per heavy atom. The molecule has 0 fully saturated rings. The highest BCUT2D eigenvalue weighted by Gasteiger charge is 2.18. The number of amides is 2. The van der Waals surface area contributed by atoms with Crippen LogP contribution >= 0.6 is 0 Å². The average Bonchev–Trinajstić information content (AvgIpc) is 3.34. The molecule has 3 aromatic rings. The zero-order chi connectivity index (χ0) is 23.8. The van der Waals surface area contributed by atoms with Crippen molar-refractivity contribution in [3.05, 3.63) is 55.1 Å². The predicted molar refractivity (Wildman–Crippen MR) is 122 cm³/mol. The highest BCUT2D eigenvalue weighted by molar-refractivity contribution is 7.89. The fourth-order valence-corrected chi connectivity index (χ4v) is 4.02. The monoisotopic (exact) mass is 472 g/mol. The number of carbonyl (C=O) groups is 2. The van der Waals surface area contributed by atoms with Crippen LogP contribution in [0.4, 0.5) is 11.4 Å². The molecule has 2 aromatic carbocycles. The van der Waals surface area contributed by atoms with Crippen LogP contribution in [0.25, 0.3) is 11.3 Å². The first-order valence-electron chi connectivity index (χ1n) is 10.1. The van der Waals surface area contributed by atoms with Crippen molar-refractivity contribution in [1.29, 1.82) is 0 Å². The van der Waals surface area contributed by atoms with Gasteiger partial charge in [-0.25, -0.2) is 18.1 Å². The van der Waals surface area contributed by atoms with Crippen molar-refractivity contribution in [3.8, 4) is 17.1 Å². The molecule has 0 aliphatic heterocycles. The SMILES string of the molecule is CCCCNS(=O)(=O)c1cccc(NC(=O)C(=O)Nc2ccc(-c3cnco3)c(OC)c2)c1. The minimum atomic E-state index is -3.72. The number of benzene rings is 2. The standard InChI is InChI=1S/C22H24N4O6S/c1-3-4-10-24-33(29,30)17-7-5-6-15(11-17)25-21(27)22(28)26-16-8-9-18(19(12-16)31-2)20-13-23-14-32-20/h5-9,11-14,24H,3-4,10H2,1-2H3,(H,25,27)(H,26,28). The third-order valence-electron chi connectivity index (χ3n) is 4.59. The second kappa shape index (κ2) is 10.7. The van der Waals surface area contributed by atoms with Gasteiger partial charge in [-0.2, -0.15) is 0 Å². The molecule has 0 saturated carbocycles. The smallest absolute Gasteiger partial charge is 0.314 e. The average molecular weight is 473 g/mol. The van der Waals surface area contributed by atoms with Crippen molar-refractivity contribution in [3.63, 3.8) is 0 Å². The van der Waals surface area contributed by atoms with E-state index in [4.69, 9.17) is 9.15 Å². The number of methoxy groups -OCH3 is 1. The van der Waals surface area contributed by atoms with Crippen LogP contribution in [0.15, 0.2) is 64.4 Å². The number of hydrogen-bond donors (Lipinski definition) is 3. The third kappa shape index (κ3) is 6.18. The maximum atomic E-state index is 12.4. The lowest BCUT2D eigenvalue weighted by Crippen LogP contribution is -2.29. The summed E-state index contributed by atoms with van der Waals surface area (Å²) in [5, 5.41) is 4.89. The second-order valence-electron chi connectivity index (χ2n) is 6.97. The molecule has 0 atom stereocenters. The summed E-state index contributed by atoms with van der Waals surface area (Å²) < 4.78 is 37.8. The molecular formula is C22H24N4O6S. The van der Waals surface area contributed by atoms with Crippen LogP contribution in [0, 0.1) is 0 Å². The van der Waals surface area contributed by atoms with E-state index in [1.807, 2.05) is 6.92 Å². The van der Waals surface area contributed by atoms with Gasteiger partial charge in [-0.1, -0.05) is 19.4 Å². The number of rotatable bonds is 9. The number of nitrogens with zero attached hydrogens (tertiary/aromatic N) is 1. The van der Waals surface area contributed by atoms with Gasteiger partial charge in [0.05, 0.1) is 23.8 Å². The first-order valence-corrected chi connectivity index (χ1v) is 11.6. The maximum Gasteiger partial charge on any atom is 0.314 e. The van der Waals surface area contributed by atoms with Gasteiger partial charge in [0.25, 0.3) is 0 Å². The van der Waals surface area contributed by atoms with E-state index in [9.17, 15) is 18.0 Å². The highest BCUT2D eigenvalue weighted by atomic mass is 32.2. The normalized spacial score (nSPS) is 11.1. The summed E-state index contributed by atoms with van der Waals surface area (Å²) in [6, 6.07) is 10.5. The Morgan fingerprint density at radius 3 is 2.42 bits per heavy atom. The lowest BCUT2D eigenvalue weighted by molar-refractivity contribution is -0.133. The molecule has 0 saturated heterocycles. The summed E-state index contributed by atoms with van der Waals surface area (Å²) in [6.45, 7) is 2.27. The van der Waals surface area contributed by atoms with Gasteiger partial charge in [0.1, 0.15) is 5.75 Å². The molecular weight excluding hydrogens is 448 g/mol. The van der Waals surface area contributed by atoms with Crippen LogP contribution in [0.5, 0.6) is 5.75 Å². The molecule has 0 bridgehead atoms. The Bertz CT molecular complexity index is 1230. The van der Waals surface area contributed by atoms with Crippen molar-refractivity contribution in [2.24, 2.45) is 0 Å². The number of aromatic nitrogens is 1. The van der Waals surface area contributed by atoms with E-state index in [1.54, 1.807) is 12.1 Å². The van der Waals surface area contributed by atoms with Crippen LogP contribution < -0.4 is 20.1 Å². The Kier molecular flexibility index (Phi) is 7.80. The van der Waals surface area contributed by atoms with Crippen LogP contribution in [-0.4, -0.2) is 38.9 Å². The van der Waals surface area contributed by atoms with Crippen LogP contribution in [0.1, 0.15) is 19.8 Å². The molecule has 0 unspecified atom stereocenters. The van der Waals surface area contributed by atoms with E-state index in [0.29, 0.717) is 35.7 Å². The van der Waals surface area contributed by atoms with Crippen molar-refractivity contribution < 1.29 is 27.2 Å². The van der Waals surface area contributed by atoms with E-state index in [0.717, 1.165) is 6.42 Å². The lowest BCUT2D eigenvalue weighted by Gasteiger charge is -2.11. The summed E-state index contributed by atoms with van der Waals surface area (Å²) in [6.07, 6.45) is 4.37. The maximum absolute atomic E-state index is 12.4. The topological polar surface area (TPSA) is 140 Å². The molecule has 1 aromatic heterocycles. The quantitative estimate of drug-likeness (QED) is 0.321. The summed E-state index contributed by atoms with van der Waals surface area (Å²) >= 11 is 0. The second-order valence-corrected chi connectivity index (χ2v) is 8.74. The largest absolute Gasteiger partial charge is 0.496 e. The molecule has 33 heavy (non-hydrogen) atoms. The molecule has 3 N–H and O–H groups in total. The number of unbranched alkanes of at least 4 members (excludes halogenated alkanes) is 1. The molecule has 1 heterocycles. The van der Waals surface area contributed by atoms with Gasteiger partial charge in [0, 0.05) is 24.0 Å². The van der Waals surface area contributed by atoms with E-state index in [1.165, 1.54) is 50.0 Å². The molecule has 10 nitrogen and oxygen atoms in total. The first-order chi connectivity index (χ1) is 15.8. The third-order valence-corrected chi connectivity index (χ3v) is 6.05. The van der Waals surface area contributed by atoms with Crippen molar-refractivity contribution in [2.45, 2.75) is 24.7 Å². The molecule has 0 radical (unpaired) electrons. The van der Waals surface area contributed by atoms with Crippen LogP contribution in [0.2, 0.25) is 0 Å². The van der Waals surface area contributed by atoms with Crippen molar-refractivity contribution in [1.82, 2.24) is 9.71 Å². The van der Waals surface area contributed by atoms with Gasteiger partial charge in [-0.05, 0) is 36.8 Å². The Morgan fingerprint density at radius 1 is 1.06 bits per heavy atom. The number of oxazole rings is 1. The van der Waals surface area contributed by atoms with E-state index in [2.05, 4.69) is 20.3 Å². The molecule has 0 aliphatic rings. The van der Waals surface area contributed by atoms with Crippen molar-refractivity contribution >= 4 is 33.2 Å². The number of ether oxygens (including phenoxy) is 1. The number of nitrogens with one attached hydrogen (secondary N) is 3. The molecule has 3 rings (SSSR count). The molecule has 0 spiro atoms. The Hall–Kier alpha value is -3.70. The summed E-state index contributed by atoms with van der Waals surface area (Å²) in [5.41, 5.74) is 1.13. The number of sulfonamides is 1. The molecule has 2 amide bonds. The van der Waals surface area contributed by atoms with E-state index in [-0.39, 0.29) is 10.6 Å². The lowest BCUT2D eigenvalue weighted by atomic mass is 10.1. The fourth-order valence-electron chi connectivity index (χ4n) is 2.90. The van der Waals surface area contributed by atoms with E-state index >= 15 is 0 Å². The van der Waals surface area contributed by atoms with Gasteiger partial charge in [-0.15, -0.1) is 0 Å². The minimum absolute atomic E-state index is 0.00967. The summed E-state index contributed by atoms with van der Waals surface area (Å²) in [4.78, 5) is 28.6. The van der Waals surface area contributed by atoms with Gasteiger partial charge >= 0.3 is 11.8 Å². The summed E-state index contributed by atoms with van der Waals surface area (Å²) in [5.74, 6) is -0.986. The fraction of sp³-hybridized carbons (Fsp3) is 0.227. The zero-order valence-electron chi connectivity index (χ0n) is 18.1. The number of hydrogen-bond acceptors (Lipinski definition) is 7. The number of anilines is 2.